The predicted molar refractivity (Wildman–Crippen MR) is 112 cm³/mol. The molecule has 2 aliphatic heterocycles. The highest BCUT2D eigenvalue weighted by Crippen LogP contribution is 2.28. The SMILES string of the molecule is CN=C(NCc1cn2c(n1)CCCC2)N1CCN(c2ccccc2OC)CC1. The van der Waals surface area contributed by atoms with Crippen LogP contribution < -0.4 is 15.0 Å². The van der Waals surface area contributed by atoms with E-state index in [0.717, 1.165) is 68.8 Å². The Morgan fingerprint density at radius 2 is 1.96 bits per heavy atom. The number of nitrogens with zero attached hydrogens (tertiary/aromatic N) is 5. The number of anilines is 1. The van der Waals surface area contributed by atoms with Crippen LogP contribution in [0.15, 0.2) is 35.5 Å². The van der Waals surface area contributed by atoms with E-state index in [1.807, 2.05) is 19.2 Å². The van der Waals surface area contributed by atoms with E-state index >= 15 is 0 Å². The van der Waals surface area contributed by atoms with E-state index in [-0.39, 0.29) is 0 Å². The van der Waals surface area contributed by atoms with Crippen LogP contribution in [0.2, 0.25) is 0 Å². The van der Waals surface area contributed by atoms with Crippen LogP contribution in [-0.4, -0.2) is 60.7 Å². The van der Waals surface area contributed by atoms with E-state index < -0.39 is 0 Å². The van der Waals surface area contributed by atoms with Crippen molar-refractivity contribution in [1.29, 1.82) is 0 Å². The molecule has 2 aromatic rings. The standard InChI is InChI=1S/C21H30N6O/c1-22-21(23-15-17-16-27-10-6-5-9-20(27)24-17)26-13-11-25(12-14-26)18-7-3-4-8-19(18)28-2/h3-4,7-8,16H,5-6,9-15H2,1-2H3,(H,22,23). The van der Waals surface area contributed by atoms with Gasteiger partial charge in [-0.3, -0.25) is 4.99 Å². The van der Waals surface area contributed by atoms with Gasteiger partial charge in [0.05, 0.1) is 25.0 Å². The maximum atomic E-state index is 5.52. The number of aryl methyl sites for hydroxylation is 2. The quantitative estimate of drug-likeness (QED) is 0.648. The van der Waals surface area contributed by atoms with Gasteiger partial charge >= 0.3 is 0 Å². The molecule has 0 aliphatic carbocycles. The minimum Gasteiger partial charge on any atom is -0.495 e. The maximum absolute atomic E-state index is 5.52. The van der Waals surface area contributed by atoms with Gasteiger partial charge in [0, 0.05) is 52.4 Å². The van der Waals surface area contributed by atoms with Crippen LogP contribution in [0.25, 0.3) is 0 Å². The summed E-state index contributed by atoms with van der Waals surface area (Å²) in [6, 6.07) is 8.22. The minimum absolute atomic E-state index is 0.722. The highest BCUT2D eigenvalue weighted by molar-refractivity contribution is 5.80. The minimum atomic E-state index is 0.722. The van der Waals surface area contributed by atoms with Crippen LogP contribution in [0.4, 0.5) is 5.69 Å². The molecule has 28 heavy (non-hydrogen) atoms. The molecule has 3 heterocycles. The lowest BCUT2D eigenvalue weighted by Gasteiger charge is -2.38. The summed E-state index contributed by atoms with van der Waals surface area (Å²) in [5.74, 6) is 3.11. The van der Waals surface area contributed by atoms with Crippen molar-refractivity contribution in [2.24, 2.45) is 4.99 Å². The van der Waals surface area contributed by atoms with Crippen LogP contribution in [-0.2, 0) is 19.5 Å². The molecule has 0 saturated carbocycles. The Balaban J connectivity index is 1.33. The van der Waals surface area contributed by atoms with Crippen molar-refractivity contribution in [2.45, 2.75) is 32.4 Å². The highest BCUT2D eigenvalue weighted by Gasteiger charge is 2.22. The van der Waals surface area contributed by atoms with Crippen molar-refractivity contribution in [3.8, 4) is 5.75 Å². The van der Waals surface area contributed by atoms with Gasteiger partial charge in [0.25, 0.3) is 0 Å². The largest absolute Gasteiger partial charge is 0.495 e. The second-order valence-electron chi connectivity index (χ2n) is 7.35. The lowest BCUT2D eigenvalue weighted by atomic mass is 10.2. The van der Waals surface area contributed by atoms with Gasteiger partial charge in [-0.1, -0.05) is 12.1 Å². The third kappa shape index (κ3) is 3.93. The summed E-state index contributed by atoms with van der Waals surface area (Å²) >= 11 is 0. The summed E-state index contributed by atoms with van der Waals surface area (Å²) in [5.41, 5.74) is 2.27. The summed E-state index contributed by atoms with van der Waals surface area (Å²) in [6.45, 7) is 5.57. The Morgan fingerprint density at radius 1 is 1.14 bits per heavy atom. The number of hydrogen-bond donors (Lipinski definition) is 1. The molecule has 1 N–H and O–H groups in total. The van der Waals surface area contributed by atoms with Crippen LogP contribution in [0.3, 0.4) is 0 Å². The van der Waals surface area contributed by atoms with Gasteiger partial charge in [-0.25, -0.2) is 4.98 Å². The number of benzene rings is 1. The van der Waals surface area contributed by atoms with Gasteiger partial charge in [-0.05, 0) is 25.0 Å². The Bertz CT molecular complexity index is 799. The summed E-state index contributed by atoms with van der Waals surface area (Å²) in [7, 11) is 3.59. The lowest BCUT2D eigenvalue weighted by molar-refractivity contribution is 0.367. The van der Waals surface area contributed by atoms with E-state index in [1.165, 1.54) is 18.7 Å². The summed E-state index contributed by atoms with van der Waals surface area (Å²) in [4.78, 5) is 14.0. The first-order valence-electron chi connectivity index (χ1n) is 10.2. The number of para-hydroxylation sites is 2. The molecule has 2 aliphatic rings. The number of rotatable bonds is 4. The fourth-order valence-electron chi connectivity index (χ4n) is 4.11. The molecule has 0 unspecified atom stereocenters. The number of hydrogen-bond acceptors (Lipinski definition) is 4. The van der Waals surface area contributed by atoms with Gasteiger partial charge < -0.3 is 24.4 Å². The number of ether oxygens (including phenoxy) is 1. The molecule has 1 aromatic carbocycles. The Kier molecular flexibility index (Phi) is 5.69. The first-order valence-corrected chi connectivity index (χ1v) is 10.2. The third-order valence-corrected chi connectivity index (χ3v) is 5.60. The molecule has 0 spiro atoms. The lowest BCUT2D eigenvalue weighted by Crippen LogP contribution is -2.52. The zero-order valence-electron chi connectivity index (χ0n) is 16.9. The van der Waals surface area contributed by atoms with Crippen molar-refractivity contribution < 1.29 is 4.74 Å². The molecular formula is C21H30N6O. The monoisotopic (exact) mass is 382 g/mol. The fraction of sp³-hybridized carbons (Fsp3) is 0.524. The van der Waals surface area contributed by atoms with Crippen molar-refractivity contribution in [3.63, 3.8) is 0 Å². The van der Waals surface area contributed by atoms with E-state index in [0.29, 0.717) is 0 Å². The zero-order valence-corrected chi connectivity index (χ0v) is 16.9. The number of nitrogens with one attached hydrogen (secondary N) is 1. The number of imidazole rings is 1. The molecule has 0 radical (unpaired) electrons. The smallest absolute Gasteiger partial charge is 0.194 e. The Hall–Kier alpha value is -2.70. The second kappa shape index (κ2) is 8.54. The van der Waals surface area contributed by atoms with Crippen LogP contribution >= 0.6 is 0 Å². The maximum Gasteiger partial charge on any atom is 0.194 e. The molecule has 4 rings (SSSR count). The van der Waals surface area contributed by atoms with Crippen molar-refractivity contribution in [3.05, 3.63) is 42.0 Å². The Labute approximate surface area is 167 Å². The third-order valence-electron chi connectivity index (χ3n) is 5.60. The van der Waals surface area contributed by atoms with Crippen molar-refractivity contribution in [2.75, 3.05) is 45.2 Å². The molecule has 0 amide bonds. The molecule has 7 heteroatoms. The summed E-state index contributed by atoms with van der Waals surface area (Å²) in [6.07, 6.45) is 5.80. The summed E-state index contributed by atoms with van der Waals surface area (Å²) < 4.78 is 7.82. The predicted octanol–water partition coefficient (Wildman–Crippen LogP) is 2.13. The van der Waals surface area contributed by atoms with Gasteiger partial charge in [0.15, 0.2) is 5.96 Å². The van der Waals surface area contributed by atoms with Gasteiger partial charge in [0.2, 0.25) is 0 Å². The molecular weight excluding hydrogens is 352 g/mol. The van der Waals surface area contributed by atoms with Gasteiger partial charge in [-0.15, -0.1) is 0 Å². The van der Waals surface area contributed by atoms with Gasteiger partial charge in [-0.2, -0.15) is 0 Å². The number of fused-ring (bicyclic) bond motifs is 1. The number of aromatic nitrogens is 2. The molecule has 0 bridgehead atoms. The molecule has 150 valence electrons. The van der Waals surface area contributed by atoms with Gasteiger partial charge in [0.1, 0.15) is 11.6 Å². The molecule has 1 saturated heterocycles. The van der Waals surface area contributed by atoms with Crippen LogP contribution in [0.5, 0.6) is 5.75 Å². The average molecular weight is 383 g/mol. The van der Waals surface area contributed by atoms with Crippen LogP contribution in [0.1, 0.15) is 24.4 Å². The summed E-state index contributed by atoms with van der Waals surface area (Å²) in [5, 5.41) is 3.50. The first kappa shape index (κ1) is 18.7. The number of guanidine groups is 1. The van der Waals surface area contributed by atoms with E-state index in [1.54, 1.807) is 7.11 Å². The fourth-order valence-corrected chi connectivity index (χ4v) is 4.11. The molecule has 0 atom stereocenters. The zero-order chi connectivity index (χ0) is 19.3. The normalized spacial score (nSPS) is 17.4. The van der Waals surface area contributed by atoms with E-state index in [4.69, 9.17) is 9.72 Å². The topological polar surface area (TPSA) is 57.9 Å². The van der Waals surface area contributed by atoms with E-state index in [9.17, 15) is 0 Å². The van der Waals surface area contributed by atoms with E-state index in [2.05, 4.69) is 43.0 Å². The number of piperazine rings is 1. The van der Waals surface area contributed by atoms with Crippen molar-refractivity contribution in [1.82, 2.24) is 19.8 Å². The number of methoxy groups -OCH3 is 1. The molecule has 1 aromatic heterocycles. The molecule has 1 fully saturated rings. The highest BCUT2D eigenvalue weighted by atomic mass is 16.5. The van der Waals surface area contributed by atoms with Crippen molar-refractivity contribution >= 4 is 11.6 Å². The average Bonchev–Trinajstić information content (AvgIpc) is 3.17. The molecule has 7 nitrogen and oxygen atoms in total. The first-order chi connectivity index (χ1) is 13.8. The number of aliphatic imine (C=N–C) groups is 1. The second-order valence-corrected chi connectivity index (χ2v) is 7.35. The Morgan fingerprint density at radius 3 is 2.71 bits per heavy atom. The van der Waals surface area contributed by atoms with Crippen LogP contribution in [0, 0.1) is 0 Å².